The van der Waals surface area contributed by atoms with E-state index in [1.165, 1.54) is 28.8 Å². The van der Waals surface area contributed by atoms with Gasteiger partial charge in [0, 0.05) is 35.8 Å². The van der Waals surface area contributed by atoms with Crippen molar-refractivity contribution in [1.29, 1.82) is 0 Å². The highest BCUT2D eigenvalue weighted by molar-refractivity contribution is 5.93. The maximum atomic E-state index is 14.6. The Labute approximate surface area is 180 Å². The van der Waals surface area contributed by atoms with Crippen molar-refractivity contribution in [3.63, 3.8) is 0 Å². The first-order valence-electron chi connectivity index (χ1n) is 10.1. The van der Waals surface area contributed by atoms with Crippen LogP contribution >= 0.6 is 0 Å². The molecule has 3 aromatic heterocycles. The number of halogens is 2. The predicted molar refractivity (Wildman–Crippen MR) is 114 cm³/mol. The molecule has 32 heavy (non-hydrogen) atoms. The first kappa shape index (κ1) is 18.7. The van der Waals surface area contributed by atoms with Crippen molar-refractivity contribution in [2.24, 2.45) is 0 Å². The van der Waals surface area contributed by atoms with Crippen LogP contribution < -0.4 is 4.90 Å². The summed E-state index contributed by atoms with van der Waals surface area (Å²) in [6.07, 6.45) is 5.70. The van der Waals surface area contributed by atoms with Gasteiger partial charge >= 0.3 is 0 Å². The maximum Gasteiger partial charge on any atom is 0.275 e. The van der Waals surface area contributed by atoms with E-state index >= 15 is 0 Å². The molecule has 0 amide bonds. The third-order valence-electron chi connectivity index (χ3n) is 5.64. The number of hydrogen-bond donors (Lipinski definition) is 0. The number of tetrazole rings is 1. The topological polar surface area (TPSA) is 85.0 Å². The molecule has 0 N–H and O–H groups in total. The van der Waals surface area contributed by atoms with Crippen molar-refractivity contribution in [2.75, 3.05) is 11.9 Å². The van der Waals surface area contributed by atoms with Crippen molar-refractivity contribution >= 4 is 28.2 Å². The number of hydrogen-bond acceptors (Lipinski definition) is 7. The normalized spacial score (nSPS) is 13.7. The van der Waals surface area contributed by atoms with Gasteiger partial charge in [-0.05, 0) is 59.7 Å². The molecule has 0 radical (unpaired) electrons. The van der Waals surface area contributed by atoms with E-state index in [1.54, 1.807) is 36.5 Å². The Bertz CT molecular complexity index is 1480. The lowest BCUT2D eigenvalue weighted by Crippen LogP contribution is -2.14. The number of benzene rings is 2. The Balaban J connectivity index is 1.46. The lowest BCUT2D eigenvalue weighted by atomic mass is 10.1. The molecule has 6 rings (SSSR count). The van der Waals surface area contributed by atoms with Crippen molar-refractivity contribution < 1.29 is 8.78 Å². The molecule has 2 aromatic carbocycles. The third-order valence-corrected chi connectivity index (χ3v) is 5.64. The van der Waals surface area contributed by atoms with E-state index in [2.05, 4.69) is 30.5 Å². The molecule has 1 fully saturated rings. The van der Waals surface area contributed by atoms with Crippen LogP contribution in [0.15, 0.2) is 48.8 Å². The highest BCUT2D eigenvalue weighted by Crippen LogP contribution is 2.39. The number of aromatic nitrogens is 7. The molecule has 0 spiro atoms. The molecule has 0 unspecified atom stereocenters. The van der Waals surface area contributed by atoms with Crippen molar-refractivity contribution in [2.45, 2.75) is 18.8 Å². The second-order valence-corrected chi connectivity index (χ2v) is 7.85. The van der Waals surface area contributed by atoms with E-state index in [4.69, 9.17) is 0 Å². The summed E-state index contributed by atoms with van der Waals surface area (Å²) in [6.45, 7) is 0. The SMILES string of the molecule is CN(c1cc(F)cc(-c2cnc(C3CC3)cn2)c1)c1nc2nnnn2c2ccc(F)cc12. The Hall–Kier alpha value is -4.08. The van der Waals surface area contributed by atoms with Crippen LogP contribution in [0.4, 0.5) is 20.3 Å². The van der Waals surface area contributed by atoms with Crippen LogP contribution in [0.1, 0.15) is 24.5 Å². The lowest BCUT2D eigenvalue weighted by molar-refractivity contribution is 0.627. The van der Waals surface area contributed by atoms with Crippen LogP contribution in [0.2, 0.25) is 0 Å². The number of anilines is 2. The zero-order chi connectivity index (χ0) is 21.8. The van der Waals surface area contributed by atoms with Gasteiger partial charge in [-0.1, -0.05) is 5.10 Å². The molecule has 8 nitrogen and oxygen atoms in total. The van der Waals surface area contributed by atoms with Crippen molar-refractivity contribution in [3.8, 4) is 11.3 Å². The minimum atomic E-state index is -0.432. The first-order chi connectivity index (χ1) is 15.6. The van der Waals surface area contributed by atoms with Crippen LogP contribution in [0.5, 0.6) is 0 Å². The Morgan fingerprint density at radius 3 is 2.66 bits per heavy atom. The van der Waals surface area contributed by atoms with Gasteiger partial charge in [-0.25, -0.2) is 8.78 Å². The van der Waals surface area contributed by atoms with Gasteiger partial charge in [0.1, 0.15) is 17.5 Å². The molecular weight excluding hydrogens is 414 g/mol. The zero-order valence-corrected chi connectivity index (χ0v) is 16.9. The Morgan fingerprint density at radius 2 is 1.88 bits per heavy atom. The molecule has 5 aromatic rings. The van der Waals surface area contributed by atoms with Crippen LogP contribution in [0, 0.1) is 11.6 Å². The second kappa shape index (κ2) is 6.98. The average molecular weight is 430 g/mol. The van der Waals surface area contributed by atoms with Gasteiger partial charge in [-0.2, -0.15) is 9.50 Å². The first-order valence-corrected chi connectivity index (χ1v) is 10.1. The van der Waals surface area contributed by atoms with Crippen LogP contribution in [-0.2, 0) is 0 Å². The molecule has 3 heterocycles. The van der Waals surface area contributed by atoms with E-state index in [1.807, 2.05) is 0 Å². The third kappa shape index (κ3) is 3.11. The standard InChI is InChI=1S/C22H16F2N8/c1-31(21-17-9-14(23)4-5-20(17)32-22(27-21)28-29-30-32)16-7-13(6-15(24)8-16)19-11-25-18(10-26-19)12-2-3-12/h4-12H,2-3H2,1H3. The summed E-state index contributed by atoms with van der Waals surface area (Å²) in [5.74, 6) is 0.287. The highest BCUT2D eigenvalue weighted by Gasteiger charge is 2.25. The van der Waals surface area contributed by atoms with Crippen LogP contribution in [0.25, 0.3) is 27.9 Å². The van der Waals surface area contributed by atoms with E-state index in [0.717, 1.165) is 18.5 Å². The molecule has 0 bridgehead atoms. The van der Waals surface area contributed by atoms with Gasteiger partial charge in [0.15, 0.2) is 0 Å². The minimum absolute atomic E-state index is 0.254. The fourth-order valence-electron chi connectivity index (χ4n) is 3.81. The predicted octanol–water partition coefficient (Wildman–Crippen LogP) is 4.05. The largest absolute Gasteiger partial charge is 0.329 e. The number of nitrogens with zero attached hydrogens (tertiary/aromatic N) is 8. The summed E-state index contributed by atoms with van der Waals surface area (Å²) < 4.78 is 30.1. The number of fused-ring (bicyclic) bond motifs is 3. The van der Waals surface area contributed by atoms with E-state index in [-0.39, 0.29) is 5.78 Å². The summed E-state index contributed by atoms with van der Waals surface area (Å²) in [5, 5.41) is 12.0. The van der Waals surface area contributed by atoms with Crippen molar-refractivity contribution in [1.82, 2.24) is 35.0 Å². The second-order valence-electron chi connectivity index (χ2n) is 7.85. The summed E-state index contributed by atoms with van der Waals surface area (Å²) in [4.78, 5) is 15.1. The van der Waals surface area contributed by atoms with E-state index < -0.39 is 11.6 Å². The molecule has 0 atom stereocenters. The van der Waals surface area contributed by atoms with Gasteiger partial charge < -0.3 is 4.90 Å². The summed E-state index contributed by atoms with van der Waals surface area (Å²) in [6, 6.07) is 8.86. The maximum absolute atomic E-state index is 14.6. The number of rotatable bonds is 4. The van der Waals surface area contributed by atoms with Gasteiger partial charge in [0.05, 0.1) is 23.1 Å². The van der Waals surface area contributed by atoms with Crippen LogP contribution in [-0.4, -0.2) is 42.0 Å². The Kier molecular flexibility index (Phi) is 4.07. The lowest BCUT2D eigenvalue weighted by Gasteiger charge is -2.21. The van der Waals surface area contributed by atoms with E-state index in [9.17, 15) is 8.78 Å². The molecule has 0 aliphatic heterocycles. The smallest absolute Gasteiger partial charge is 0.275 e. The van der Waals surface area contributed by atoms with Gasteiger partial charge in [-0.3, -0.25) is 9.97 Å². The van der Waals surface area contributed by atoms with Gasteiger partial charge in [0.25, 0.3) is 5.78 Å². The molecule has 0 saturated heterocycles. The fraction of sp³-hybridized carbons (Fsp3) is 0.182. The fourth-order valence-corrected chi connectivity index (χ4v) is 3.81. The molecule has 1 saturated carbocycles. The van der Waals surface area contributed by atoms with Gasteiger partial charge in [-0.15, -0.1) is 0 Å². The average Bonchev–Trinajstić information content (AvgIpc) is 3.55. The van der Waals surface area contributed by atoms with Crippen LogP contribution in [0.3, 0.4) is 0 Å². The Morgan fingerprint density at radius 1 is 1.00 bits per heavy atom. The monoisotopic (exact) mass is 430 g/mol. The van der Waals surface area contributed by atoms with Crippen molar-refractivity contribution in [3.05, 3.63) is 66.1 Å². The molecule has 10 heteroatoms. The zero-order valence-electron chi connectivity index (χ0n) is 16.9. The summed E-state index contributed by atoms with van der Waals surface area (Å²) in [7, 11) is 1.73. The molecule has 158 valence electrons. The highest BCUT2D eigenvalue weighted by atomic mass is 19.1. The quantitative estimate of drug-likeness (QED) is 0.425. The minimum Gasteiger partial charge on any atom is -0.329 e. The molecule has 1 aliphatic rings. The van der Waals surface area contributed by atoms with E-state index in [0.29, 0.717) is 39.6 Å². The van der Waals surface area contributed by atoms with Gasteiger partial charge in [0.2, 0.25) is 0 Å². The summed E-state index contributed by atoms with van der Waals surface area (Å²) >= 11 is 0. The summed E-state index contributed by atoms with van der Waals surface area (Å²) in [5.41, 5.74) is 3.23. The molecular formula is C22H16F2N8. The molecule has 1 aliphatic carbocycles.